The summed E-state index contributed by atoms with van der Waals surface area (Å²) in [4.78, 5) is 12.9. The van der Waals surface area contributed by atoms with E-state index in [0.29, 0.717) is 6.04 Å². The van der Waals surface area contributed by atoms with Gasteiger partial charge in [0.2, 0.25) is 0 Å². The van der Waals surface area contributed by atoms with Gasteiger partial charge in [0.1, 0.15) is 0 Å². The van der Waals surface area contributed by atoms with Gasteiger partial charge in [-0.1, -0.05) is 24.3 Å². The predicted octanol–water partition coefficient (Wildman–Crippen LogP) is 2.30. The molecule has 1 aliphatic heterocycles. The number of benzene rings is 1. The van der Waals surface area contributed by atoms with E-state index >= 15 is 0 Å². The summed E-state index contributed by atoms with van der Waals surface area (Å²) in [6.45, 7) is 4.12. The van der Waals surface area contributed by atoms with Gasteiger partial charge in [-0.25, -0.2) is 0 Å². The zero-order chi connectivity index (χ0) is 12.3. The van der Waals surface area contributed by atoms with Crippen molar-refractivity contribution >= 4 is 5.97 Å². The van der Waals surface area contributed by atoms with E-state index in [1.54, 1.807) is 0 Å². The molecule has 0 spiro atoms. The Kier molecular flexibility index (Phi) is 3.79. The maximum absolute atomic E-state index is 10.6. The molecule has 1 aliphatic rings. The summed E-state index contributed by atoms with van der Waals surface area (Å²) in [5, 5.41) is 8.70. The maximum atomic E-state index is 10.6. The fourth-order valence-corrected chi connectivity index (χ4v) is 2.41. The normalized spacial score (nSPS) is 17.5. The summed E-state index contributed by atoms with van der Waals surface area (Å²) in [5.41, 5.74) is 2.83. The van der Waals surface area contributed by atoms with Crippen molar-refractivity contribution in [2.45, 2.75) is 38.8 Å². The molecule has 3 nitrogen and oxygen atoms in total. The van der Waals surface area contributed by atoms with Crippen LogP contribution < -0.4 is 0 Å². The van der Waals surface area contributed by atoms with Crippen LogP contribution in [0.2, 0.25) is 0 Å². The molecule has 3 heteroatoms. The summed E-state index contributed by atoms with van der Waals surface area (Å²) in [7, 11) is 0. The fourth-order valence-electron chi connectivity index (χ4n) is 2.41. The van der Waals surface area contributed by atoms with Crippen molar-refractivity contribution in [3.63, 3.8) is 0 Å². The van der Waals surface area contributed by atoms with Crippen molar-refractivity contribution in [1.82, 2.24) is 4.90 Å². The number of nitrogens with zero attached hydrogens (tertiary/aromatic N) is 1. The monoisotopic (exact) mass is 233 g/mol. The van der Waals surface area contributed by atoms with Crippen molar-refractivity contribution in [2.24, 2.45) is 0 Å². The Hall–Kier alpha value is -1.35. The summed E-state index contributed by atoms with van der Waals surface area (Å²) < 4.78 is 0. The molecule has 2 rings (SSSR count). The number of carboxylic acid groups (broad SMARTS) is 1. The number of hydrogen-bond donors (Lipinski definition) is 1. The Morgan fingerprint density at radius 1 is 1.41 bits per heavy atom. The maximum Gasteiger partial charge on any atom is 0.303 e. The Morgan fingerprint density at radius 2 is 2.12 bits per heavy atom. The Balaban J connectivity index is 1.95. The standard InChI is InChI=1S/C14H19NO2/c1-11(6-7-14(16)17)15-9-8-12-4-2-3-5-13(12)10-15/h2-5,11H,6-10H2,1H3,(H,16,17). The zero-order valence-electron chi connectivity index (χ0n) is 10.2. The summed E-state index contributed by atoms with van der Waals surface area (Å²) in [6, 6.07) is 8.87. The van der Waals surface area contributed by atoms with E-state index in [4.69, 9.17) is 5.11 Å². The van der Waals surface area contributed by atoms with E-state index in [1.165, 1.54) is 11.1 Å². The number of fused-ring (bicyclic) bond motifs is 1. The number of aliphatic carboxylic acids is 1. The van der Waals surface area contributed by atoms with E-state index in [1.807, 2.05) is 0 Å². The molecule has 0 aliphatic carbocycles. The topological polar surface area (TPSA) is 40.5 Å². The molecule has 1 heterocycles. The molecule has 0 saturated carbocycles. The first-order valence-corrected chi connectivity index (χ1v) is 6.19. The van der Waals surface area contributed by atoms with Gasteiger partial charge in [-0.15, -0.1) is 0 Å². The predicted molar refractivity (Wildman–Crippen MR) is 66.9 cm³/mol. The van der Waals surface area contributed by atoms with Crippen LogP contribution in [0.15, 0.2) is 24.3 Å². The zero-order valence-corrected chi connectivity index (χ0v) is 10.2. The van der Waals surface area contributed by atoms with Gasteiger partial charge in [0, 0.05) is 25.6 Å². The fraction of sp³-hybridized carbons (Fsp3) is 0.500. The summed E-state index contributed by atoms with van der Waals surface area (Å²) in [5.74, 6) is -0.700. The first-order valence-electron chi connectivity index (χ1n) is 6.19. The molecule has 0 amide bonds. The summed E-state index contributed by atoms with van der Waals surface area (Å²) >= 11 is 0. The number of carbonyl (C=O) groups is 1. The van der Waals surface area contributed by atoms with E-state index in [9.17, 15) is 4.79 Å². The van der Waals surface area contributed by atoms with Gasteiger partial charge in [0.15, 0.2) is 0 Å². The van der Waals surface area contributed by atoms with Gasteiger partial charge in [0.05, 0.1) is 0 Å². The summed E-state index contributed by atoms with van der Waals surface area (Å²) in [6.07, 6.45) is 2.07. The third kappa shape index (κ3) is 3.07. The highest BCUT2D eigenvalue weighted by atomic mass is 16.4. The van der Waals surface area contributed by atoms with Crippen molar-refractivity contribution in [2.75, 3.05) is 6.54 Å². The lowest BCUT2D eigenvalue weighted by atomic mass is 9.98. The van der Waals surface area contributed by atoms with E-state index in [-0.39, 0.29) is 6.42 Å². The van der Waals surface area contributed by atoms with Crippen molar-refractivity contribution in [3.05, 3.63) is 35.4 Å². The average molecular weight is 233 g/mol. The highest BCUT2D eigenvalue weighted by molar-refractivity contribution is 5.66. The van der Waals surface area contributed by atoms with Crippen LogP contribution in [0.4, 0.5) is 0 Å². The molecule has 0 saturated heterocycles. The van der Waals surface area contributed by atoms with Crippen LogP contribution in [0.25, 0.3) is 0 Å². The molecule has 1 aromatic carbocycles. The smallest absolute Gasteiger partial charge is 0.303 e. The number of carboxylic acids is 1. The minimum Gasteiger partial charge on any atom is -0.481 e. The lowest BCUT2D eigenvalue weighted by Gasteiger charge is -2.33. The van der Waals surface area contributed by atoms with Crippen LogP contribution >= 0.6 is 0 Å². The molecule has 1 atom stereocenters. The van der Waals surface area contributed by atoms with Gasteiger partial charge in [-0.3, -0.25) is 9.69 Å². The van der Waals surface area contributed by atoms with E-state index < -0.39 is 5.97 Å². The third-order valence-corrected chi connectivity index (χ3v) is 3.56. The molecule has 0 fully saturated rings. The van der Waals surface area contributed by atoms with Crippen LogP contribution in [0.1, 0.15) is 30.9 Å². The SMILES string of the molecule is CC(CCC(=O)O)N1CCc2ccccc2C1. The van der Waals surface area contributed by atoms with Crippen molar-refractivity contribution in [3.8, 4) is 0 Å². The lowest BCUT2D eigenvalue weighted by Crippen LogP contribution is -2.37. The molecular weight excluding hydrogens is 214 g/mol. The van der Waals surface area contributed by atoms with E-state index in [2.05, 4.69) is 36.1 Å². The largest absolute Gasteiger partial charge is 0.481 e. The molecule has 1 unspecified atom stereocenters. The molecule has 17 heavy (non-hydrogen) atoms. The van der Waals surface area contributed by atoms with Gasteiger partial charge in [0.25, 0.3) is 0 Å². The Labute approximate surface area is 102 Å². The minimum absolute atomic E-state index is 0.263. The molecule has 92 valence electrons. The third-order valence-electron chi connectivity index (χ3n) is 3.56. The lowest BCUT2D eigenvalue weighted by molar-refractivity contribution is -0.137. The minimum atomic E-state index is -0.700. The first kappa shape index (κ1) is 12.1. The molecule has 0 aromatic heterocycles. The van der Waals surface area contributed by atoms with Crippen molar-refractivity contribution in [1.29, 1.82) is 0 Å². The van der Waals surface area contributed by atoms with Gasteiger partial charge < -0.3 is 5.11 Å². The molecule has 1 aromatic rings. The second-order valence-electron chi connectivity index (χ2n) is 4.77. The molecule has 0 radical (unpaired) electrons. The van der Waals surface area contributed by atoms with Crippen molar-refractivity contribution < 1.29 is 9.90 Å². The second kappa shape index (κ2) is 5.32. The van der Waals surface area contributed by atoms with Crippen LogP contribution in [-0.2, 0) is 17.8 Å². The molecule has 1 N–H and O–H groups in total. The van der Waals surface area contributed by atoms with Gasteiger partial charge in [-0.05, 0) is 30.9 Å². The highest BCUT2D eigenvalue weighted by Gasteiger charge is 2.20. The van der Waals surface area contributed by atoms with E-state index in [0.717, 1.165) is 25.9 Å². The second-order valence-corrected chi connectivity index (χ2v) is 4.77. The van der Waals surface area contributed by atoms with Crippen LogP contribution in [0, 0.1) is 0 Å². The molecular formula is C14H19NO2. The quantitative estimate of drug-likeness (QED) is 0.867. The van der Waals surface area contributed by atoms with Gasteiger partial charge in [-0.2, -0.15) is 0 Å². The number of hydrogen-bond acceptors (Lipinski definition) is 2. The average Bonchev–Trinajstić information content (AvgIpc) is 2.35. The highest BCUT2D eigenvalue weighted by Crippen LogP contribution is 2.21. The number of rotatable bonds is 4. The first-order chi connectivity index (χ1) is 8.16. The van der Waals surface area contributed by atoms with Gasteiger partial charge >= 0.3 is 5.97 Å². The van der Waals surface area contributed by atoms with Crippen LogP contribution in [0.5, 0.6) is 0 Å². The molecule has 0 bridgehead atoms. The Bertz CT molecular complexity index is 403. The Morgan fingerprint density at radius 3 is 2.82 bits per heavy atom. The van der Waals surface area contributed by atoms with Crippen LogP contribution in [-0.4, -0.2) is 28.6 Å². The van der Waals surface area contributed by atoms with Crippen LogP contribution in [0.3, 0.4) is 0 Å².